The fourth-order valence-corrected chi connectivity index (χ4v) is 3.02. The van der Waals surface area contributed by atoms with E-state index in [4.69, 9.17) is 10.5 Å². The molecular formula is C18H21N3O2. The molecule has 2 N–H and O–H groups in total. The van der Waals surface area contributed by atoms with Gasteiger partial charge in [-0.3, -0.25) is 9.78 Å². The number of nitrogens with two attached hydrogens (primary N) is 1. The molecule has 5 heteroatoms. The molecule has 3 rings (SSSR count). The van der Waals surface area contributed by atoms with Crippen LogP contribution >= 0.6 is 0 Å². The third-order valence-corrected chi connectivity index (χ3v) is 4.43. The van der Waals surface area contributed by atoms with Crippen LogP contribution in [0.15, 0.2) is 30.5 Å². The van der Waals surface area contributed by atoms with Crippen LogP contribution in [-0.2, 0) is 11.3 Å². The van der Waals surface area contributed by atoms with Crippen LogP contribution in [-0.4, -0.2) is 22.6 Å². The maximum Gasteiger partial charge on any atom is 0.220 e. The van der Waals surface area contributed by atoms with E-state index in [1.165, 1.54) is 5.39 Å². The Labute approximate surface area is 135 Å². The van der Waals surface area contributed by atoms with Gasteiger partial charge < -0.3 is 15.0 Å². The maximum absolute atomic E-state index is 11.3. The quantitative estimate of drug-likeness (QED) is 0.787. The van der Waals surface area contributed by atoms with Crippen LogP contribution in [0.4, 0.5) is 0 Å². The number of ether oxygens (including phenoxy) is 1. The Kier molecular flexibility index (Phi) is 3.94. The fraction of sp³-hybridized carbons (Fsp3) is 0.333. The minimum Gasteiger partial charge on any atom is -0.497 e. The van der Waals surface area contributed by atoms with Gasteiger partial charge in [0.15, 0.2) is 0 Å². The van der Waals surface area contributed by atoms with Gasteiger partial charge in [0, 0.05) is 35.5 Å². The number of hydrogen-bond acceptors (Lipinski definition) is 3. The number of methoxy groups -OCH3 is 1. The Hall–Kier alpha value is -2.56. The number of carbonyl (C=O) groups is 1. The standard InChI is InChI=1S/C18H21N3O2/c1-11(18(19)22)7-9-21-16-10-13(23-3)4-5-14(16)15-6-8-20-12(2)17(15)21/h4-6,8,10-11H,7,9H2,1-3H3,(H2,19,22). The van der Waals surface area contributed by atoms with Crippen LogP contribution in [0.1, 0.15) is 19.0 Å². The number of pyridine rings is 1. The predicted octanol–water partition coefficient (Wildman–Crippen LogP) is 3.02. The minimum absolute atomic E-state index is 0.162. The van der Waals surface area contributed by atoms with E-state index in [0.29, 0.717) is 13.0 Å². The van der Waals surface area contributed by atoms with Crippen molar-refractivity contribution in [3.63, 3.8) is 0 Å². The summed E-state index contributed by atoms with van der Waals surface area (Å²) in [4.78, 5) is 15.8. The van der Waals surface area contributed by atoms with Crippen LogP contribution in [0.25, 0.3) is 21.8 Å². The van der Waals surface area contributed by atoms with Crippen molar-refractivity contribution in [1.82, 2.24) is 9.55 Å². The molecule has 0 aliphatic rings. The molecule has 0 saturated heterocycles. The average Bonchev–Trinajstić information content (AvgIpc) is 2.86. The lowest BCUT2D eigenvalue weighted by molar-refractivity contribution is -0.121. The molecule has 2 heterocycles. The van der Waals surface area contributed by atoms with Gasteiger partial charge in [0.05, 0.1) is 23.8 Å². The Bertz CT molecular complexity index is 883. The molecule has 1 atom stereocenters. The van der Waals surface area contributed by atoms with Gasteiger partial charge in [0.25, 0.3) is 0 Å². The molecule has 23 heavy (non-hydrogen) atoms. The normalized spacial score (nSPS) is 12.7. The van der Waals surface area contributed by atoms with Gasteiger partial charge in [0.2, 0.25) is 5.91 Å². The summed E-state index contributed by atoms with van der Waals surface area (Å²) in [5, 5.41) is 2.33. The molecule has 1 amide bonds. The first-order chi connectivity index (χ1) is 11.0. The van der Waals surface area contributed by atoms with Gasteiger partial charge in [-0.05, 0) is 31.5 Å². The third-order valence-electron chi connectivity index (χ3n) is 4.43. The number of fused-ring (bicyclic) bond motifs is 3. The van der Waals surface area contributed by atoms with Crippen molar-refractivity contribution < 1.29 is 9.53 Å². The molecule has 1 aromatic carbocycles. The Morgan fingerprint density at radius 3 is 2.83 bits per heavy atom. The van der Waals surface area contributed by atoms with Gasteiger partial charge >= 0.3 is 0 Å². The second-order valence-electron chi connectivity index (χ2n) is 5.92. The molecule has 0 aliphatic carbocycles. The molecule has 5 nitrogen and oxygen atoms in total. The molecule has 3 aromatic rings. The lowest BCUT2D eigenvalue weighted by Crippen LogP contribution is -2.21. The van der Waals surface area contributed by atoms with Crippen molar-refractivity contribution in [2.24, 2.45) is 11.7 Å². The Morgan fingerprint density at radius 1 is 1.35 bits per heavy atom. The fourth-order valence-electron chi connectivity index (χ4n) is 3.02. The minimum atomic E-state index is -0.266. The van der Waals surface area contributed by atoms with Crippen LogP contribution in [0.2, 0.25) is 0 Å². The molecule has 1 unspecified atom stereocenters. The second-order valence-corrected chi connectivity index (χ2v) is 5.92. The van der Waals surface area contributed by atoms with Gasteiger partial charge in [-0.2, -0.15) is 0 Å². The summed E-state index contributed by atoms with van der Waals surface area (Å²) in [7, 11) is 1.66. The summed E-state index contributed by atoms with van der Waals surface area (Å²) in [5.74, 6) is 0.387. The largest absolute Gasteiger partial charge is 0.497 e. The first-order valence-electron chi connectivity index (χ1n) is 7.73. The number of benzene rings is 1. The number of carbonyl (C=O) groups excluding carboxylic acids is 1. The Balaban J connectivity index is 2.20. The molecule has 0 fully saturated rings. The molecular weight excluding hydrogens is 290 g/mol. The number of rotatable bonds is 5. The van der Waals surface area contributed by atoms with Crippen molar-refractivity contribution >= 4 is 27.7 Å². The zero-order valence-corrected chi connectivity index (χ0v) is 13.7. The Morgan fingerprint density at radius 2 is 2.13 bits per heavy atom. The average molecular weight is 311 g/mol. The lowest BCUT2D eigenvalue weighted by atomic mass is 10.1. The van der Waals surface area contributed by atoms with Gasteiger partial charge in [0.1, 0.15) is 5.75 Å². The zero-order valence-electron chi connectivity index (χ0n) is 13.7. The molecule has 120 valence electrons. The number of aromatic nitrogens is 2. The van der Waals surface area contributed by atoms with Crippen molar-refractivity contribution in [2.45, 2.75) is 26.8 Å². The van der Waals surface area contributed by atoms with Crippen LogP contribution in [0.5, 0.6) is 5.75 Å². The van der Waals surface area contributed by atoms with E-state index in [0.717, 1.165) is 27.9 Å². The van der Waals surface area contributed by atoms with E-state index in [1.54, 1.807) is 7.11 Å². The second kappa shape index (κ2) is 5.91. The van der Waals surface area contributed by atoms with E-state index in [1.807, 2.05) is 38.2 Å². The van der Waals surface area contributed by atoms with Crippen molar-refractivity contribution in [2.75, 3.05) is 7.11 Å². The van der Waals surface area contributed by atoms with Crippen molar-refractivity contribution in [3.8, 4) is 5.75 Å². The first-order valence-corrected chi connectivity index (χ1v) is 7.73. The monoisotopic (exact) mass is 311 g/mol. The predicted molar refractivity (Wildman–Crippen MR) is 91.5 cm³/mol. The van der Waals surface area contributed by atoms with Crippen LogP contribution < -0.4 is 10.5 Å². The molecule has 2 aromatic heterocycles. The van der Waals surface area contributed by atoms with E-state index in [2.05, 4.69) is 15.6 Å². The zero-order chi connectivity index (χ0) is 16.6. The highest BCUT2D eigenvalue weighted by Gasteiger charge is 2.16. The van der Waals surface area contributed by atoms with Gasteiger partial charge in [-0.15, -0.1) is 0 Å². The van der Waals surface area contributed by atoms with Crippen molar-refractivity contribution in [1.29, 1.82) is 0 Å². The molecule has 0 saturated carbocycles. The van der Waals surface area contributed by atoms with E-state index < -0.39 is 0 Å². The number of primary amides is 1. The summed E-state index contributed by atoms with van der Waals surface area (Å²) >= 11 is 0. The lowest BCUT2D eigenvalue weighted by Gasteiger charge is -2.12. The number of hydrogen-bond donors (Lipinski definition) is 1. The molecule has 0 aliphatic heterocycles. The SMILES string of the molecule is COc1ccc2c3ccnc(C)c3n(CCC(C)C(N)=O)c2c1. The number of amides is 1. The highest BCUT2D eigenvalue weighted by atomic mass is 16.5. The van der Waals surface area contributed by atoms with Crippen LogP contribution in [0.3, 0.4) is 0 Å². The van der Waals surface area contributed by atoms with E-state index >= 15 is 0 Å². The summed E-state index contributed by atoms with van der Waals surface area (Å²) < 4.78 is 7.58. The highest BCUT2D eigenvalue weighted by molar-refractivity contribution is 6.09. The number of aryl methyl sites for hydroxylation is 2. The van der Waals surface area contributed by atoms with E-state index in [-0.39, 0.29) is 11.8 Å². The first kappa shape index (κ1) is 15.3. The van der Waals surface area contributed by atoms with E-state index in [9.17, 15) is 4.79 Å². The summed E-state index contributed by atoms with van der Waals surface area (Å²) in [6.07, 6.45) is 2.53. The smallest absolute Gasteiger partial charge is 0.220 e. The van der Waals surface area contributed by atoms with Crippen LogP contribution in [0, 0.1) is 12.8 Å². The number of nitrogens with zero attached hydrogens (tertiary/aromatic N) is 2. The molecule has 0 bridgehead atoms. The highest BCUT2D eigenvalue weighted by Crippen LogP contribution is 2.33. The summed E-state index contributed by atoms with van der Waals surface area (Å²) in [6.45, 7) is 4.58. The topological polar surface area (TPSA) is 70.1 Å². The molecule has 0 radical (unpaired) electrons. The van der Waals surface area contributed by atoms with Gasteiger partial charge in [-0.1, -0.05) is 6.92 Å². The third kappa shape index (κ3) is 2.63. The summed E-state index contributed by atoms with van der Waals surface area (Å²) in [6, 6.07) is 8.10. The summed E-state index contributed by atoms with van der Waals surface area (Å²) in [5.41, 5.74) is 8.57. The molecule has 0 spiro atoms. The van der Waals surface area contributed by atoms with Crippen molar-refractivity contribution in [3.05, 3.63) is 36.2 Å². The van der Waals surface area contributed by atoms with Gasteiger partial charge in [-0.25, -0.2) is 0 Å². The maximum atomic E-state index is 11.3.